The summed E-state index contributed by atoms with van der Waals surface area (Å²) in [5.41, 5.74) is -0.653. The zero-order valence-electron chi connectivity index (χ0n) is 15.1. The van der Waals surface area contributed by atoms with Crippen molar-refractivity contribution >= 4 is 11.7 Å². The largest absolute Gasteiger partial charge is 0.462 e. The SMILES string of the molecule is CC(C)(CCOC(=O)c1ccc([N+](=O)[O-])cc1)CC(CO[N+](=O)[O-])O[N+](=O)[O-]. The van der Waals surface area contributed by atoms with Gasteiger partial charge in [0.15, 0.2) is 0 Å². The van der Waals surface area contributed by atoms with E-state index in [0.29, 0.717) is 0 Å². The van der Waals surface area contributed by atoms with E-state index >= 15 is 0 Å². The Labute approximate surface area is 158 Å². The summed E-state index contributed by atoms with van der Waals surface area (Å²) in [6.45, 7) is 2.79. The third kappa shape index (κ3) is 8.25. The van der Waals surface area contributed by atoms with Crippen LogP contribution in [0.2, 0.25) is 0 Å². The van der Waals surface area contributed by atoms with Crippen molar-refractivity contribution in [3.63, 3.8) is 0 Å². The highest BCUT2D eigenvalue weighted by atomic mass is 17.0. The Bertz CT molecular complexity index is 719. The topological polar surface area (TPSA) is 174 Å². The Hall–Kier alpha value is -3.51. The van der Waals surface area contributed by atoms with Crippen molar-refractivity contribution < 1.29 is 34.3 Å². The molecule has 13 nitrogen and oxygen atoms in total. The Morgan fingerprint density at radius 1 is 1.07 bits per heavy atom. The average molecular weight is 401 g/mol. The van der Waals surface area contributed by atoms with Gasteiger partial charge in [-0.05, 0) is 30.4 Å². The van der Waals surface area contributed by atoms with E-state index in [1.807, 2.05) is 0 Å². The molecular formula is C15H19N3O10. The minimum absolute atomic E-state index is 0.0376. The summed E-state index contributed by atoms with van der Waals surface area (Å²) in [6, 6.07) is 4.88. The molecule has 0 amide bonds. The van der Waals surface area contributed by atoms with E-state index in [0.717, 1.165) is 0 Å². The lowest BCUT2D eigenvalue weighted by Gasteiger charge is -2.28. The summed E-state index contributed by atoms with van der Waals surface area (Å²) >= 11 is 0. The number of esters is 1. The van der Waals surface area contributed by atoms with E-state index in [9.17, 15) is 35.1 Å². The van der Waals surface area contributed by atoms with Crippen LogP contribution in [0.5, 0.6) is 0 Å². The molecule has 0 saturated carbocycles. The first-order valence-corrected chi connectivity index (χ1v) is 8.00. The highest BCUT2D eigenvalue weighted by Crippen LogP contribution is 2.28. The van der Waals surface area contributed by atoms with Crippen LogP contribution in [0.4, 0.5) is 5.69 Å². The predicted molar refractivity (Wildman–Crippen MR) is 91.2 cm³/mol. The van der Waals surface area contributed by atoms with Crippen LogP contribution in [0.15, 0.2) is 24.3 Å². The zero-order valence-corrected chi connectivity index (χ0v) is 15.1. The normalized spacial score (nSPS) is 11.9. The molecular weight excluding hydrogens is 382 g/mol. The molecule has 1 atom stereocenters. The molecule has 13 heteroatoms. The van der Waals surface area contributed by atoms with E-state index in [1.54, 1.807) is 13.8 Å². The van der Waals surface area contributed by atoms with Gasteiger partial charge in [-0.2, -0.15) is 0 Å². The molecule has 0 fully saturated rings. The van der Waals surface area contributed by atoms with E-state index in [4.69, 9.17) is 4.74 Å². The number of nitrogens with zero attached hydrogens (tertiary/aromatic N) is 3. The van der Waals surface area contributed by atoms with E-state index < -0.39 is 39.2 Å². The molecule has 0 spiro atoms. The molecule has 1 unspecified atom stereocenters. The van der Waals surface area contributed by atoms with Crippen molar-refractivity contribution in [2.24, 2.45) is 5.41 Å². The maximum atomic E-state index is 12.0. The first-order valence-electron chi connectivity index (χ1n) is 8.00. The quantitative estimate of drug-likeness (QED) is 0.287. The van der Waals surface area contributed by atoms with Crippen LogP contribution in [0.3, 0.4) is 0 Å². The fourth-order valence-electron chi connectivity index (χ4n) is 2.33. The highest BCUT2D eigenvalue weighted by molar-refractivity contribution is 5.89. The first kappa shape index (κ1) is 22.5. The zero-order chi connectivity index (χ0) is 21.3. The third-order valence-electron chi connectivity index (χ3n) is 3.71. The number of nitro benzene ring substituents is 1. The summed E-state index contributed by atoms with van der Waals surface area (Å²) in [4.78, 5) is 51.3. The molecule has 1 aromatic rings. The first-order chi connectivity index (χ1) is 13.0. The summed E-state index contributed by atoms with van der Waals surface area (Å²) < 4.78 is 5.10. The van der Waals surface area contributed by atoms with E-state index in [-0.39, 0.29) is 30.7 Å². The van der Waals surface area contributed by atoms with Crippen molar-refractivity contribution in [2.75, 3.05) is 13.2 Å². The average Bonchev–Trinajstić information content (AvgIpc) is 2.58. The van der Waals surface area contributed by atoms with Crippen LogP contribution in [-0.4, -0.2) is 40.4 Å². The van der Waals surface area contributed by atoms with Gasteiger partial charge in [0.05, 0.1) is 17.1 Å². The van der Waals surface area contributed by atoms with Crippen molar-refractivity contribution in [3.8, 4) is 0 Å². The fourth-order valence-corrected chi connectivity index (χ4v) is 2.33. The van der Waals surface area contributed by atoms with Crippen molar-refractivity contribution in [1.82, 2.24) is 0 Å². The number of hydrogen-bond donors (Lipinski definition) is 0. The van der Waals surface area contributed by atoms with Gasteiger partial charge < -0.3 is 14.4 Å². The summed E-state index contributed by atoms with van der Waals surface area (Å²) in [5, 5.41) is 29.2. The lowest BCUT2D eigenvalue weighted by molar-refractivity contribution is -0.790. The van der Waals surface area contributed by atoms with E-state index in [1.165, 1.54) is 24.3 Å². The Balaban J connectivity index is 2.55. The Kier molecular flexibility index (Phi) is 8.04. The molecule has 0 heterocycles. The molecule has 28 heavy (non-hydrogen) atoms. The van der Waals surface area contributed by atoms with Crippen LogP contribution in [0.25, 0.3) is 0 Å². The molecule has 0 aliphatic carbocycles. The van der Waals surface area contributed by atoms with Crippen LogP contribution < -0.4 is 0 Å². The van der Waals surface area contributed by atoms with Gasteiger partial charge >= 0.3 is 5.97 Å². The third-order valence-corrected chi connectivity index (χ3v) is 3.71. The predicted octanol–water partition coefficient (Wildman–Crippen LogP) is 2.34. The second kappa shape index (κ2) is 9.99. The van der Waals surface area contributed by atoms with Crippen molar-refractivity contribution in [2.45, 2.75) is 32.8 Å². The standard InChI is InChI=1S/C15H19N3O10/c1-15(2,9-13(28-18(24)25)10-27-17(22)23)7-8-26-14(19)11-3-5-12(6-4-11)16(20)21/h3-6,13H,7-10H2,1-2H3. The van der Waals surface area contributed by atoms with Gasteiger partial charge in [-0.15, -0.1) is 20.2 Å². The smallest absolute Gasteiger partial charge is 0.338 e. The summed E-state index contributed by atoms with van der Waals surface area (Å²) in [6.07, 6.45) is -0.848. The number of non-ortho nitro benzene ring substituents is 1. The van der Waals surface area contributed by atoms with Gasteiger partial charge in [0.1, 0.15) is 12.7 Å². The molecule has 0 radical (unpaired) electrons. The number of nitro groups is 1. The number of rotatable bonds is 12. The molecule has 1 rings (SSSR count). The monoisotopic (exact) mass is 401 g/mol. The number of carbonyl (C=O) groups is 1. The maximum absolute atomic E-state index is 12.0. The van der Waals surface area contributed by atoms with Crippen molar-refractivity contribution in [3.05, 3.63) is 60.2 Å². The highest BCUT2D eigenvalue weighted by Gasteiger charge is 2.27. The van der Waals surface area contributed by atoms with E-state index in [2.05, 4.69) is 9.68 Å². The van der Waals surface area contributed by atoms with Gasteiger partial charge in [-0.3, -0.25) is 10.1 Å². The number of ether oxygens (including phenoxy) is 1. The molecule has 0 N–H and O–H groups in total. The van der Waals surface area contributed by atoms with Gasteiger partial charge in [0.2, 0.25) is 0 Å². The number of benzene rings is 1. The molecule has 0 aliphatic heterocycles. The molecule has 0 aromatic heterocycles. The maximum Gasteiger partial charge on any atom is 0.338 e. The fraction of sp³-hybridized carbons (Fsp3) is 0.533. The molecule has 0 saturated heterocycles. The molecule has 0 bridgehead atoms. The Morgan fingerprint density at radius 2 is 1.68 bits per heavy atom. The second-order valence-corrected chi connectivity index (χ2v) is 6.53. The van der Waals surface area contributed by atoms with Crippen molar-refractivity contribution in [1.29, 1.82) is 0 Å². The van der Waals surface area contributed by atoms with Crippen LogP contribution in [-0.2, 0) is 14.4 Å². The molecule has 1 aromatic carbocycles. The number of hydrogen-bond acceptors (Lipinski definition) is 10. The van der Waals surface area contributed by atoms with Gasteiger partial charge in [0, 0.05) is 12.1 Å². The van der Waals surface area contributed by atoms with Gasteiger partial charge in [-0.25, -0.2) is 4.79 Å². The summed E-state index contributed by atoms with van der Waals surface area (Å²) in [7, 11) is 0. The second-order valence-electron chi connectivity index (χ2n) is 6.53. The van der Waals surface area contributed by atoms with Gasteiger partial charge in [-0.1, -0.05) is 13.8 Å². The van der Waals surface area contributed by atoms with Crippen LogP contribution in [0, 0.1) is 35.8 Å². The van der Waals surface area contributed by atoms with Crippen LogP contribution in [0.1, 0.15) is 37.0 Å². The molecule has 154 valence electrons. The molecule has 0 aliphatic rings. The Morgan fingerprint density at radius 3 is 2.18 bits per heavy atom. The minimum atomic E-state index is -1.17. The van der Waals surface area contributed by atoms with Crippen LogP contribution >= 0.6 is 0 Å². The number of carbonyl (C=O) groups excluding carboxylic acids is 1. The minimum Gasteiger partial charge on any atom is -0.462 e. The van der Waals surface area contributed by atoms with Gasteiger partial charge in [0.25, 0.3) is 15.9 Å². The summed E-state index contributed by atoms with van der Waals surface area (Å²) in [5.74, 6) is -0.680. The lowest BCUT2D eigenvalue weighted by Crippen LogP contribution is -2.31. The lowest BCUT2D eigenvalue weighted by atomic mass is 9.84.